The van der Waals surface area contributed by atoms with E-state index in [4.69, 9.17) is 11.6 Å². The van der Waals surface area contributed by atoms with Crippen LogP contribution in [-0.4, -0.2) is 53.3 Å². The normalized spacial score (nSPS) is 23.3. The molecule has 142 valence electrons. The highest BCUT2D eigenvalue weighted by atomic mass is 35.5. The highest BCUT2D eigenvalue weighted by molar-refractivity contribution is 6.31. The molecule has 0 radical (unpaired) electrons. The van der Waals surface area contributed by atoms with E-state index in [0.717, 1.165) is 12.8 Å². The second-order valence-corrected chi connectivity index (χ2v) is 7.62. The highest BCUT2D eigenvalue weighted by Crippen LogP contribution is 2.38. The summed E-state index contributed by atoms with van der Waals surface area (Å²) < 4.78 is 0. The maximum atomic E-state index is 13.2. The van der Waals surface area contributed by atoms with E-state index < -0.39 is 12.1 Å². The standard InChI is InChI=1S/C19H21ClN4O3/c1-10(17(25)21-11-7-8-11)24-9-14-15(18(24)26)16(22-19(27)23(14)2)12-5-3-4-6-13(12)20/h3-6,10-11,16H,7-9H2,1-2H3,(H,21,25)(H,22,27). The molecule has 2 atom stereocenters. The Balaban J connectivity index is 1.66. The second-order valence-electron chi connectivity index (χ2n) is 7.22. The van der Waals surface area contributed by atoms with Crippen LogP contribution in [0.3, 0.4) is 0 Å². The summed E-state index contributed by atoms with van der Waals surface area (Å²) in [5.74, 6) is -0.415. The minimum atomic E-state index is -0.631. The Morgan fingerprint density at radius 2 is 2.00 bits per heavy atom. The van der Waals surface area contributed by atoms with Gasteiger partial charge in [0.25, 0.3) is 5.91 Å². The van der Waals surface area contributed by atoms with Gasteiger partial charge in [-0.3, -0.25) is 14.5 Å². The van der Waals surface area contributed by atoms with Crippen LogP contribution in [-0.2, 0) is 9.59 Å². The molecule has 0 bridgehead atoms. The molecule has 8 heteroatoms. The molecule has 3 aliphatic rings. The molecule has 4 amide bonds. The van der Waals surface area contributed by atoms with Crippen LogP contribution >= 0.6 is 11.6 Å². The van der Waals surface area contributed by atoms with Gasteiger partial charge >= 0.3 is 6.03 Å². The third-order valence-electron chi connectivity index (χ3n) is 5.38. The molecule has 4 rings (SSSR count). The van der Waals surface area contributed by atoms with Gasteiger partial charge in [0.2, 0.25) is 5.91 Å². The zero-order chi connectivity index (χ0) is 19.3. The molecular formula is C19H21ClN4O3. The summed E-state index contributed by atoms with van der Waals surface area (Å²) >= 11 is 6.32. The number of hydrogen-bond acceptors (Lipinski definition) is 3. The maximum Gasteiger partial charge on any atom is 0.322 e. The van der Waals surface area contributed by atoms with Crippen molar-refractivity contribution in [2.75, 3.05) is 13.6 Å². The van der Waals surface area contributed by atoms with E-state index in [2.05, 4.69) is 10.6 Å². The average molecular weight is 389 g/mol. The molecule has 2 aliphatic heterocycles. The predicted octanol–water partition coefficient (Wildman–Crippen LogP) is 1.80. The molecule has 7 nitrogen and oxygen atoms in total. The van der Waals surface area contributed by atoms with Gasteiger partial charge in [0.15, 0.2) is 0 Å². The van der Waals surface area contributed by atoms with Gasteiger partial charge in [0, 0.05) is 18.1 Å². The van der Waals surface area contributed by atoms with Crippen molar-refractivity contribution in [1.29, 1.82) is 0 Å². The van der Waals surface area contributed by atoms with Crippen LogP contribution in [0.25, 0.3) is 0 Å². The summed E-state index contributed by atoms with van der Waals surface area (Å²) in [6, 6.07) is 5.81. The van der Waals surface area contributed by atoms with Gasteiger partial charge < -0.3 is 15.5 Å². The smallest absolute Gasteiger partial charge is 0.322 e. The Kier molecular flexibility index (Phi) is 4.34. The fraction of sp³-hybridized carbons (Fsp3) is 0.421. The molecule has 1 fully saturated rings. The van der Waals surface area contributed by atoms with Gasteiger partial charge in [0.1, 0.15) is 6.04 Å². The van der Waals surface area contributed by atoms with Crippen molar-refractivity contribution in [2.45, 2.75) is 37.9 Å². The number of halogens is 1. The van der Waals surface area contributed by atoms with Gasteiger partial charge in [-0.05, 0) is 31.4 Å². The first-order chi connectivity index (χ1) is 12.9. The second kappa shape index (κ2) is 6.56. The van der Waals surface area contributed by atoms with Crippen molar-refractivity contribution < 1.29 is 14.4 Å². The number of benzene rings is 1. The number of carbonyl (C=O) groups is 3. The minimum absolute atomic E-state index is 0.165. The van der Waals surface area contributed by atoms with Crippen molar-refractivity contribution >= 4 is 29.4 Å². The molecule has 0 aromatic heterocycles. The van der Waals surface area contributed by atoms with E-state index in [1.807, 2.05) is 6.07 Å². The Morgan fingerprint density at radius 1 is 1.30 bits per heavy atom. The van der Waals surface area contributed by atoms with Crippen LogP contribution in [0, 0.1) is 0 Å². The molecule has 0 spiro atoms. The number of amides is 4. The molecule has 1 aromatic rings. The monoisotopic (exact) mass is 388 g/mol. The van der Waals surface area contributed by atoms with Gasteiger partial charge in [-0.25, -0.2) is 4.79 Å². The third kappa shape index (κ3) is 3.06. The van der Waals surface area contributed by atoms with E-state index in [-0.39, 0.29) is 30.4 Å². The van der Waals surface area contributed by atoms with Gasteiger partial charge in [-0.1, -0.05) is 29.8 Å². The Hall–Kier alpha value is -2.54. The lowest BCUT2D eigenvalue weighted by Crippen LogP contribution is -2.47. The molecule has 1 aromatic carbocycles. The first kappa shape index (κ1) is 17.9. The van der Waals surface area contributed by atoms with Crippen molar-refractivity contribution in [3.05, 3.63) is 46.1 Å². The zero-order valence-electron chi connectivity index (χ0n) is 15.2. The molecule has 2 heterocycles. The number of hydrogen-bond donors (Lipinski definition) is 2. The lowest BCUT2D eigenvalue weighted by molar-refractivity contribution is -0.135. The number of urea groups is 1. The summed E-state index contributed by atoms with van der Waals surface area (Å²) in [5.41, 5.74) is 1.74. The lowest BCUT2D eigenvalue weighted by atomic mass is 9.95. The van der Waals surface area contributed by atoms with E-state index in [0.29, 0.717) is 21.9 Å². The summed E-state index contributed by atoms with van der Waals surface area (Å²) in [5, 5.41) is 6.27. The molecular weight excluding hydrogens is 368 g/mol. The number of carbonyl (C=O) groups excluding carboxylic acids is 3. The van der Waals surface area contributed by atoms with Crippen LogP contribution in [0.2, 0.25) is 5.02 Å². The first-order valence-electron chi connectivity index (χ1n) is 9.01. The summed E-state index contributed by atoms with van der Waals surface area (Å²) in [6.45, 7) is 1.94. The highest BCUT2D eigenvalue weighted by Gasteiger charge is 2.45. The van der Waals surface area contributed by atoms with Crippen LogP contribution < -0.4 is 10.6 Å². The van der Waals surface area contributed by atoms with E-state index >= 15 is 0 Å². The fourth-order valence-electron chi connectivity index (χ4n) is 3.53. The Morgan fingerprint density at radius 3 is 2.67 bits per heavy atom. The van der Waals surface area contributed by atoms with Crippen LogP contribution in [0.15, 0.2) is 35.5 Å². The van der Waals surface area contributed by atoms with E-state index in [9.17, 15) is 14.4 Å². The molecule has 27 heavy (non-hydrogen) atoms. The van der Waals surface area contributed by atoms with Gasteiger partial charge in [-0.2, -0.15) is 0 Å². The zero-order valence-corrected chi connectivity index (χ0v) is 15.9. The Bertz CT molecular complexity index is 864. The van der Waals surface area contributed by atoms with Crippen LogP contribution in [0.1, 0.15) is 31.4 Å². The predicted molar refractivity (Wildman–Crippen MR) is 99.9 cm³/mol. The van der Waals surface area contributed by atoms with Crippen molar-refractivity contribution in [3.63, 3.8) is 0 Å². The fourth-order valence-corrected chi connectivity index (χ4v) is 3.78. The number of likely N-dealkylation sites (N-methyl/N-ethyl adjacent to an activating group) is 1. The van der Waals surface area contributed by atoms with Crippen LogP contribution in [0.5, 0.6) is 0 Å². The molecule has 0 saturated heterocycles. The molecule has 2 N–H and O–H groups in total. The van der Waals surface area contributed by atoms with Gasteiger partial charge in [-0.15, -0.1) is 0 Å². The molecule has 1 aliphatic carbocycles. The summed E-state index contributed by atoms with van der Waals surface area (Å²) in [7, 11) is 1.62. The summed E-state index contributed by atoms with van der Waals surface area (Å²) in [6.07, 6.45) is 1.97. The number of nitrogens with one attached hydrogen (secondary N) is 2. The van der Waals surface area contributed by atoms with Crippen molar-refractivity contribution in [1.82, 2.24) is 20.4 Å². The minimum Gasteiger partial charge on any atom is -0.352 e. The third-order valence-corrected chi connectivity index (χ3v) is 5.72. The lowest BCUT2D eigenvalue weighted by Gasteiger charge is -2.31. The van der Waals surface area contributed by atoms with Gasteiger partial charge in [0.05, 0.1) is 23.9 Å². The maximum absolute atomic E-state index is 13.2. The van der Waals surface area contributed by atoms with Crippen molar-refractivity contribution in [2.24, 2.45) is 0 Å². The first-order valence-corrected chi connectivity index (χ1v) is 9.39. The quantitative estimate of drug-likeness (QED) is 0.825. The number of nitrogens with zero attached hydrogens (tertiary/aromatic N) is 2. The summed E-state index contributed by atoms with van der Waals surface area (Å²) in [4.78, 5) is 41.0. The van der Waals surface area contributed by atoms with E-state index in [1.54, 1.807) is 32.2 Å². The largest absolute Gasteiger partial charge is 0.352 e. The number of rotatable bonds is 4. The SMILES string of the molecule is CC(C(=O)NC1CC1)N1CC2=C(C1=O)C(c1ccccc1Cl)NC(=O)N2C. The van der Waals surface area contributed by atoms with Crippen molar-refractivity contribution in [3.8, 4) is 0 Å². The molecule has 2 unspecified atom stereocenters. The van der Waals surface area contributed by atoms with Crippen LogP contribution in [0.4, 0.5) is 4.79 Å². The Labute approximate surface area is 162 Å². The average Bonchev–Trinajstić information content (AvgIpc) is 3.39. The topological polar surface area (TPSA) is 81.8 Å². The molecule has 1 saturated carbocycles. The van der Waals surface area contributed by atoms with E-state index in [1.165, 1.54) is 9.80 Å².